The predicted octanol–water partition coefficient (Wildman–Crippen LogP) is 2.70. The number of nitrogens with one attached hydrogen (secondary N) is 2. The number of alkyl halides is 3. The molecule has 4 nitrogen and oxygen atoms in total. The van der Waals surface area contributed by atoms with E-state index < -0.39 is 18.5 Å². The van der Waals surface area contributed by atoms with Gasteiger partial charge in [-0.05, 0) is 24.6 Å². The maximum absolute atomic E-state index is 11.9. The summed E-state index contributed by atoms with van der Waals surface area (Å²) in [5, 5.41) is 2.71. The lowest BCUT2D eigenvalue weighted by molar-refractivity contribution is -0.135. The Labute approximate surface area is 113 Å². The molecule has 0 radical (unpaired) electrons. The van der Waals surface area contributed by atoms with Crippen molar-refractivity contribution in [3.05, 3.63) is 28.8 Å². The van der Waals surface area contributed by atoms with Gasteiger partial charge < -0.3 is 10.7 Å². The van der Waals surface area contributed by atoms with E-state index in [0.717, 1.165) is 0 Å². The second-order valence-corrected chi connectivity index (χ2v) is 4.25. The highest BCUT2D eigenvalue weighted by molar-refractivity contribution is 6.31. The smallest absolute Gasteiger partial charge is 0.352 e. The van der Waals surface area contributed by atoms with Gasteiger partial charge in [-0.15, -0.1) is 0 Å². The number of benzene rings is 1. The van der Waals surface area contributed by atoms with Gasteiger partial charge in [0.2, 0.25) is 0 Å². The molecule has 0 bridgehead atoms. The minimum atomic E-state index is -4.22. The van der Waals surface area contributed by atoms with E-state index in [0.29, 0.717) is 10.7 Å². The normalized spacial score (nSPS) is 11.2. The molecule has 0 aliphatic heterocycles. The zero-order chi connectivity index (χ0) is 14.5. The molecule has 1 aromatic carbocycles. The molecule has 0 heterocycles. The molecule has 0 aliphatic rings. The molecule has 1 rings (SSSR count). The van der Waals surface area contributed by atoms with Crippen LogP contribution in [0.4, 0.5) is 18.9 Å². The summed E-state index contributed by atoms with van der Waals surface area (Å²) in [4.78, 5) is 11.8. The topological polar surface area (TPSA) is 67.1 Å². The number of hydrogen-bond donors (Lipinski definition) is 3. The van der Waals surface area contributed by atoms with E-state index in [4.69, 9.17) is 17.4 Å². The molecule has 0 aliphatic carbocycles. The zero-order valence-corrected chi connectivity index (χ0v) is 10.6. The molecule has 0 saturated heterocycles. The molecular weight excluding hydrogens is 283 g/mol. The van der Waals surface area contributed by atoms with Gasteiger partial charge in [-0.3, -0.25) is 10.6 Å². The van der Waals surface area contributed by atoms with Gasteiger partial charge in [0.15, 0.2) is 0 Å². The molecule has 0 fully saturated rings. The van der Waals surface area contributed by atoms with Crippen molar-refractivity contribution >= 4 is 23.2 Å². The molecule has 1 amide bonds. The third-order valence-corrected chi connectivity index (χ3v) is 2.54. The summed E-state index contributed by atoms with van der Waals surface area (Å²) in [5.41, 5.74) is 2.85. The van der Waals surface area contributed by atoms with Crippen molar-refractivity contribution in [2.45, 2.75) is 19.0 Å². The van der Waals surface area contributed by atoms with E-state index in [1.807, 2.05) is 0 Å². The fraction of sp³-hybridized carbons (Fsp3) is 0.364. The number of amides is 1. The summed E-state index contributed by atoms with van der Waals surface area (Å²) >= 11 is 5.74. The molecule has 1 aromatic rings. The Morgan fingerprint density at radius 1 is 1.37 bits per heavy atom. The predicted molar refractivity (Wildman–Crippen MR) is 66.9 cm³/mol. The van der Waals surface area contributed by atoms with Gasteiger partial charge in [0.05, 0.1) is 11.3 Å². The van der Waals surface area contributed by atoms with E-state index >= 15 is 0 Å². The van der Waals surface area contributed by atoms with Crippen LogP contribution in [0.3, 0.4) is 0 Å². The van der Waals surface area contributed by atoms with Gasteiger partial charge in [0.1, 0.15) is 0 Å². The fourth-order valence-corrected chi connectivity index (χ4v) is 1.59. The van der Waals surface area contributed by atoms with E-state index in [1.165, 1.54) is 18.2 Å². The average Bonchev–Trinajstić information content (AvgIpc) is 2.33. The molecule has 8 heteroatoms. The van der Waals surface area contributed by atoms with E-state index in [1.54, 1.807) is 0 Å². The summed E-state index contributed by atoms with van der Waals surface area (Å²) in [6.45, 7) is -0.0745. The van der Waals surface area contributed by atoms with Gasteiger partial charge in [-0.1, -0.05) is 11.6 Å². The van der Waals surface area contributed by atoms with E-state index in [9.17, 15) is 18.0 Å². The lowest BCUT2D eigenvalue weighted by Crippen LogP contribution is -2.27. The molecule has 106 valence electrons. The van der Waals surface area contributed by atoms with Crippen molar-refractivity contribution in [1.82, 2.24) is 5.32 Å². The van der Waals surface area contributed by atoms with Crippen LogP contribution in [0.15, 0.2) is 18.2 Å². The van der Waals surface area contributed by atoms with Crippen LogP contribution in [0.25, 0.3) is 0 Å². The number of hydrazine groups is 1. The van der Waals surface area contributed by atoms with Gasteiger partial charge in [-0.2, -0.15) is 13.2 Å². The van der Waals surface area contributed by atoms with Crippen LogP contribution in [0, 0.1) is 0 Å². The maximum atomic E-state index is 11.9. The van der Waals surface area contributed by atoms with Crippen LogP contribution in [-0.4, -0.2) is 18.6 Å². The van der Waals surface area contributed by atoms with Crippen molar-refractivity contribution in [3.63, 3.8) is 0 Å². The second kappa shape index (κ2) is 6.63. The average molecular weight is 296 g/mol. The first-order chi connectivity index (χ1) is 8.83. The van der Waals surface area contributed by atoms with Crippen molar-refractivity contribution in [1.29, 1.82) is 0 Å². The van der Waals surface area contributed by atoms with Crippen molar-refractivity contribution in [3.8, 4) is 0 Å². The number of anilines is 1. The summed E-state index contributed by atoms with van der Waals surface area (Å²) in [5.74, 6) is 4.70. The van der Waals surface area contributed by atoms with Crippen LogP contribution < -0.4 is 16.6 Å². The third-order valence-electron chi connectivity index (χ3n) is 2.30. The lowest BCUT2D eigenvalue weighted by atomic mass is 10.1. The Kier molecular flexibility index (Phi) is 5.44. The third kappa shape index (κ3) is 5.35. The first kappa shape index (κ1) is 15.6. The SMILES string of the molecule is NNc1ccc(Cl)cc1C(=O)NCCCC(F)(F)F. The first-order valence-corrected chi connectivity index (χ1v) is 5.82. The number of nitrogen functional groups attached to an aromatic ring is 1. The summed E-state index contributed by atoms with van der Waals surface area (Å²) in [6, 6.07) is 4.43. The quantitative estimate of drug-likeness (QED) is 0.444. The standard InChI is InChI=1S/C11H13ClF3N3O/c12-7-2-3-9(18-16)8(6-7)10(19)17-5-1-4-11(13,14)15/h2-3,6,18H,1,4-5,16H2,(H,17,19). The van der Waals surface area contributed by atoms with E-state index in [-0.39, 0.29) is 18.5 Å². The molecule has 19 heavy (non-hydrogen) atoms. The number of nitrogens with two attached hydrogens (primary N) is 1. The van der Waals surface area contributed by atoms with Gasteiger partial charge in [0, 0.05) is 18.0 Å². The molecule has 0 aromatic heterocycles. The molecule has 0 atom stereocenters. The maximum Gasteiger partial charge on any atom is 0.389 e. The Morgan fingerprint density at radius 3 is 2.63 bits per heavy atom. The number of hydrogen-bond acceptors (Lipinski definition) is 3. The van der Waals surface area contributed by atoms with Crippen molar-refractivity contribution < 1.29 is 18.0 Å². The van der Waals surface area contributed by atoms with Crippen molar-refractivity contribution in [2.24, 2.45) is 5.84 Å². The molecule has 0 saturated carbocycles. The number of halogens is 4. The Hall–Kier alpha value is -1.47. The highest BCUT2D eigenvalue weighted by Crippen LogP contribution is 2.21. The van der Waals surface area contributed by atoms with Crippen molar-refractivity contribution in [2.75, 3.05) is 12.0 Å². The number of carbonyl (C=O) groups excluding carboxylic acids is 1. The van der Waals surface area contributed by atoms with E-state index in [2.05, 4.69) is 10.7 Å². The highest BCUT2D eigenvalue weighted by Gasteiger charge is 2.26. The highest BCUT2D eigenvalue weighted by atomic mass is 35.5. The zero-order valence-electron chi connectivity index (χ0n) is 9.85. The largest absolute Gasteiger partial charge is 0.389 e. The number of rotatable bonds is 5. The first-order valence-electron chi connectivity index (χ1n) is 5.44. The Balaban J connectivity index is 2.56. The van der Waals surface area contributed by atoms with Gasteiger partial charge in [0.25, 0.3) is 5.91 Å². The fourth-order valence-electron chi connectivity index (χ4n) is 1.42. The summed E-state index contributed by atoms with van der Waals surface area (Å²) < 4.78 is 35.8. The molecule has 4 N–H and O–H groups in total. The molecule has 0 spiro atoms. The van der Waals surface area contributed by atoms with Gasteiger partial charge in [-0.25, -0.2) is 0 Å². The number of carbonyl (C=O) groups is 1. The minimum Gasteiger partial charge on any atom is -0.352 e. The summed E-state index contributed by atoms with van der Waals surface area (Å²) in [7, 11) is 0. The van der Waals surface area contributed by atoms with Crippen LogP contribution in [-0.2, 0) is 0 Å². The minimum absolute atomic E-state index is 0.0745. The molecular formula is C11H13ClF3N3O. The van der Waals surface area contributed by atoms with Crippen LogP contribution in [0.5, 0.6) is 0 Å². The van der Waals surface area contributed by atoms with Crippen LogP contribution in [0.1, 0.15) is 23.2 Å². The lowest BCUT2D eigenvalue weighted by Gasteiger charge is -2.10. The van der Waals surface area contributed by atoms with Gasteiger partial charge >= 0.3 is 6.18 Å². The Bertz CT molecular complexity index is 451. The van der Waals surface area contributed by atoms with Crippen LogP contribution in [0.2, 0.25) is 5.02 Å². The molecule has 0 unspecified atom stereocenters. The summed E-state index contributed by atoms with van der Waals surface area (Å²) in [6.07, 6.45) is -5.34. The monoisotopic (exact) mass is 295 g/mol. The Morgan fingerprint density at radius 2 is 2.05 bits per heavy atom. The van der Waals surface area contributed by atoms with Crippen LogP contribution >= 0.6 is 11.6 Å². The second-order valence-electron chi connectivity index (χ2n) is 3.81.